The predicted octanol–water partition coefficient (Wildman–Crippen LogP) is 1.45. The van der Waals surface area contributed by atoms with Crippen LogP contribution in [0.1, 0.15) is 0 Å². The van der Waals surface area contributed by atoms with Crippen LogP contribution in [-0.4, -0.2) is 37.0 Å². The number of hydrogen-bond donors (Lipinski definition) is 2. The van der Waals surface area contributed by atoms with Crippen molar-refractivity contribution in [2.75, 3.05) is 12.4 Å². The number of nitrogens with zero attached hydrogens (tertiary/aromatic N) is 5. The molecule has 92 valence electrons. The molecular weight excluding hydrogens is 254 g/mol. The van der Waals surface area contributed by atoms with Gasteiger partial charge in [0.25, 0.3) is 0 Å². The minimum Gasteiger partial charge on any atom is -0.371 e. The summed E-state index contributed by atoms with van der Waals surface area (Å²) in [7, 11) is 3.61. The Hall–Kier alpha value is -2.15. The van der Waals surface area contributed by atoms with Crippen LogP contribution in [0, 0.1) is 0 Å². The lowest BCUT2D eigenvalue weighted by molar-refractivity contribution is 0.768. The van der Waals surface area contributed by atoms with Gasteiger partial charge in [-0.05, 0) is 11.6 Å². The van der Waals surface area contributed by atoms with Gasteiger partial charge < -0.3 is 5.32 Å². The number of aromatic nitrogens is 6. The number of anilines is 1. The summed E-state index contributed by atoms with van der Waals surface area (Å²) >= 11 is 5.90. The normalized spacial score (nSPS) is 11.1. The van der Waals surface area contributed by atoms with Gasteiger partial charge in [0.05, 0.1) is 11.9 Å². The van der Waals surface area contributed by atoms with E-state index in [4.69, 9.17) is 11.6 Å². The lowest BCUT2D eigenvalue weighted by Crippen LogP contribution is -1.95. The highest BCUT2D eigenvalue weighted by molar-refractivity contribution is 6.29. The molecule has 0 aliphatic carbocycles. The fourth-order valence-electron chi connectivity index (χ4n) is 1.80. The maximum atomic E-state index is 5.90. The summed E-state index contributed by atoms with van der Waals surface area (Å²) < 4.78 is 1.71. The summed E-state index contributed by atoms with van der Waals surface area (Å²) in [6, 6.07) is 0. The molecule has 0 aliphatic heterocycles. The smallest absolute Gasteiger partial charge is 0.225 e. The lowest BCUT2D eigenvalue weighted by atomic mass is 10.2. The third kappa shape index (κ3) is 1.60. The summed E-state index contributed by atoms with van der Waals surface area (Å²) in [6.07, 6.45) is 3.62. The van der Waals surface area contributed by atoms with Crippen LogP contribution in [0.3, 0.4) is 0 Å². The second kappa shape index (κ2) is 3.95. The molecule has 0 amide bonds. The molecule has 3 rings (SSSR count). The molecule has 0 aliphatic rings. The molecule has 3 aromatic heterocycles. The Morgan fingerprint density at radius 1 is 1.33 bits per heavy atom. The molecule has 0 bridgehead atoms. The van der Waals surface area contributed by atoms with Crippen molar-refractivity contribution in [3.63, 3.8) is 0 Å². The van der Waals surface area contributed by atoms with Gasteiger partial charge in [0.15, 0.2) is 11.3 Å². The van der Waals surface area contributed by atoms with E-state index >= 15 is 0 Å². The Morgan fingerprint density at radius 3 is 2.83 bits per heavy atom. The molecular formula is C10H10ClN7. The van der Waals surface area contributed by atoms with Crippen molar-refractivity contribution in [2.24, 2.45) is 7.05 Å². The highest BCUT2D eigenvalue weighted by Crippen LogP contribution is 2.28. The van der Waals surface area contributed by atoms with E-state index in [0.29, 0.717) is 16.9 Å². The van der Waals surface area contributed by atoms with E-state index in [1.165, 1.54) is 0 Å². The van der Waals surface area contributed by atoms with Gasteiger partial charge in [-0.2, -0.15) is 15.2 Å². The Kier molecular flexibility index (Phi) is 2.41. The SMILES string of the molecule is CNc1nc(Cl)nc2c(-c3cnn(C)c3)[nH]nc12. The number of nitrogens with one attached hydrogen (secondary N) is 2. The average Bonchev–Trinajstić information content (AvgIpc) is 2.93. The van der Waals surface area contributed by atoms with Gasteiger partial charge in [0.2, 0.25) is 5.28 Å². The van der Waals surface area contributed by atoms with Crippen molar-refractivity contribution in [1.29, 1.82) is 0 Å². The molecule has 0 aromatic carbocycles. The Morgan fingerprint density at radius 2 is 2.17 bits per heavy atom. The lowest BCUT2D eigenvalue weighted by Gasteiger charge is -2.00. The first-order valence-corrected chi connectivity index (χ1v) is 5.65. The van der Waals surface area contributed by atoms with Crippen LogP contribution in [0.15, 0.2) is 12.4 Å². The average molecular weight is 264 g/mol. The molecule has 2 N–H and O–H groups in total. The summed E-state index contributed by atoms with van der Waals surface area (Å²) in [5, 5.41) is 14.4. The van der Waals surface area contributed by atoms with Crippen LogP contribution in [0.2, 0.25) is 5.28 Å². The fourth-order valence-corrected chi connectivity index (χ4v) is 1.97. The standard InChI is InChI=1S/C10H10ClN7/c1-12-9-8-7(14-10(11)15-9)6(16-17-8)5-3-13-18(2)4-5/h3-4H,1-2H3,(H,16,17)(H,12,14,15). The summed E-state index contributed by atoms with van der Waals surface area (Å²) in [6.45, 7) is 0. The summed E-state index contributed by atoms with van der Waals surface area (Å²) in [4.78, 5) is 8.29. The largest absolute Gasteiger partial charge is 0.371 e. The van der Waals surface area contributed by atoms with E-state index in [9.17, 15) is 0 Å². The van der Waals surface area contributed by atoms with Crippen LogP contribution in [0.5, 0.6) is 0 Å². The minimum atomic E-state index is 0.179. The second-order valence-electron chi connectivity index (χ2n) is 3.79. The Labute approximate surface area is 107 Å². The zero-order chi connectivity index (χ0) is 12.7. The fraction of sp³-hybridized carbons (Fsp3) is 0.200. The van der Waals surface area contributed by atoms with Crippen molar-refractivity contribution in [1.82, 2.24) is 29.9 Å². The van der Waals surface area contributed by atoms with Crippen molar-refractivity contribution >= 4 is 28.5 Å². The highest BCUT2D eigenvalue weighted by Gasteiger charge is 2.15. The molecule has 3 heterocycles. The van der Waals surface area contributed by atoms with Gasteiger partial charge >= 0.3 is 0 Å². The molecule has 0 saturated heterocycles. The predicted molar refractivity (Wildman–Crippen MR) is 68.4 cm³/mol. The van der Waals surface area contributed by atoms with Gasteiger partial charge in [0, 0.05) is 25.9 Å². The molecule has 7 nitrogen and oxygen atoms in total. The quantitative estimate of drug-likeness (QED) is 0.684. The van der Waals surface area contributed by atoms with Crippen molar-refractivity contribution < 1.29 is 0 Å². The van der Waals surface area contributed by atoms with E-state index in [2.05, 4.69) is 30.6 Å². The minimum absolute atomic E-state index is 0.179. The van der Waals surface area contributed by atoms with Gasteiger partial charge in [0.1, 0.15) is 5.52 Å². The zero-order valence-corrected chi connectivity index (χ0v) is 10.5. The molecule has 8 heteroatoms. The van der Waals surface area contributed by atoms with Crippen molar-refractivity contribution in [2.45, 2.75) is 0 Å². The monoisotopic (exact) mass is 263 g/mol. The maximum Gasteiger partial charge on any atom is 0.225 e. The number of hydrogen-bond acceptors (Lipinski definition) is 5. The third-order valence-corrected chi connectivity index (χ3v) is 2.77. The first kappa shape index (κ1) is 11.0. The molecule has 3 aromatic rings. The third-order valence-electron chi connectivity index (χ3n) is 2.60. The zero-order valence-electron chi connectivity index (χ0n) is 9.77. The highest BCUT2D eigenvalue weighted by atomic mass is 35.5. The van der Waals surface area contributed by atoms with Gasteiger partial charge in [-0.15, -0.1) is 0 Å². The van der Waals surface area contributed by atoms with E-state index in [1.54, 1.807) is 17.9 Å². The summed E-state index contributed by atoms with van der Waals surface area (Å²) in [5.41, 5.74) is 3.00. The molecule has 18 heavy (non-hydrogen) atoms. The maximum absolute atomic E-state index is 5.90. The number of rotatable bonds is 2. The van der Waals surface area contributed by atoms with Crippen LogP contribution in [0.25, 0.3) is 22.3 Å². The van der Waals surface area contributed by atoms with E-state index in [0.717, 1.165) is 11.3 Å². The first-order valence-electron chi connectivity index (χ1n) is 5.27. The molecule has 0 radical (unpaired) electrons. The summed E-state index contributed by atoms with van der Waals surface area (Å²) in [5.74, 6) is 0.594. The van der Waals surface area contributed by atoms with Crippen LogP contribution >= 0.6 is 11.6 Å². The van der Waals surface area contributed by atoms with Crippen molar-refractivity contribution in [3.8, 4) is 11.3 Å². The van der Waals surface area contributed by atoms with Gasteiger partial charge in [-0.1, -0.05) is 0 Å². The van der Waals surface area contributed by atoms with Crippen LogP contribution in [-0.2, 0) is 7.05 Å². The van der Waals surface area contributed by atoms with E-state index < -0.39 is 0 Å². The van der Waals surface area contributed by atoms with E-state index in [-0.39, 0.29) is 5.28 Å². The van der Waals surface area contributed by atoms with Crippen LogP contribution in [0.4, 0.5) is 5.82 Å². The van der Waals surface area contributed by atoms with E-state index in [1.807, 2.05) is 13.2 Å². The number of H-pyrrole nitrogens is 1. The molecule has 0 spiro atoms. The number of halogens is 1. The Bertz CT molecular complexity index is 714. The van der Waals surface area contributed by atoms with Gasteiger partial charge in [-0.25, -0.2) is 4.98 Å². The van der Waals surface area contributed by atoms with Gasteiger partial charge in [-0.3, -0.25) is 9.78 Å². The number of aromatic amines is 1. The molecule has 0 saturated carbocycles. The second-order valence-corrected chi connectivity index (χ2v) is 4.13. The molecule has 0 fully saturated rings. The molecule has 0 atom stereocenters. The molecule has 0 unspecified atom stereocenters. The first-order chi connectivity index (χ1) is 8.69. The number of aryl methyl sites for hydroxylation is 1. The van der Waals surface area contributed by atoms with Crippen molar-refractivity contribution in [3.05, 3.63) is 17.7 Å². The topological polar surface area (TPSA) is 84.3 Å². The number of fused-ring (bicyclic) bond motifs is 1. The Balaban J connectivity index is 2.28. The van der Waals surface area contributed by atoms with Crippen LogP contribution < -0.4 is 5.32 Å².